The minimum atomic E-state index is -0.119. The highest BCUT2D eigenvalue weighted by Crippen LogP contribution is 2.37. The largest absolute Gasteiger partial charge is 0.326 e. The first-order chi connectivity index (χ1) is 10.0. The van der Waals surface area contributed by atoms with Crippen LogP contribution in [0.15, 0.2) is 24.3 Å². The number of fused-ring (bicyclic) bond motifs is 1. The second kappa shape index (κ2) is 5.82. The van der Waals surface area contributed by atoms with Crippen LogP contribution in [0.4, 0.5) is 5.69 Å². The van der Waals surface area contributed by atoms with Crippen LogP contribution < -0.4 is 5.32 Å². The van der Waals surface area contributed by atoms with Crippen LogP contribution in [-0.2, 0) is 11.2 Å². The molecule has 0 bridgehead atoms. The van der Waals surface area contributed by atoms with Crippen LogP contribution in [0, 0.1) is 13.8 Å². The molecule has 1 aliphatic rings. The number of carbonyl (C=O) groups is 1. The Hall–Kier alpha value is -1.32. The van der Waals surface area contributed by atoms with Crippen molar-refractivity contribution in [1.29, 1.82) is 0 Å². The van der Waals surface area contributed by atoms with Crippen molar-refractivity contribution in [3.63, 3.8) is 0 Å². The monoisotopic (exact) mass is 319 g/mol. The van der Waals surface area contributed by atoms with Gasteiger partial charge in [0.15, 0.2) is 0 Å². The van der Waals surface area contributed by atoms with Crippen LogP contribution in [0.25, 0.3) is 0 Å². The van der Waals surface area contributed by atoms with Crippen LogP contribution >= 0.6 is 22.9 Å². The zero-order chi connectivity index (χ0) is 15.0. The molecule has 1 N–H and O–H groups in total. The Morgan fingerprint density at radius 3 is 2.76 bits per heavy atom. The highest BCUT2D eigenvalue weighted by Gasteiger charge is 2.18. The third kappa shape index (κ3) is 2.99. The average Bonchev–Trinajstić information content (AvgIpc) is 2.68. The van der Waals surface area contributed by atoms with Gasteiger partial charge in [-0.1, -0.05) is 12.1 Å². The zero-order valence-corrected chi connectivity index (χ0v) is 13.8. The molecule has 110 valence electrons. The van der Waals surface area contributed by atoms with Gasteiger partial charge < -0.3 is 5.32 Å². The van der Waals surface area contributed by atoms with E-state index < -0.39 is 0 Å². The molecule has 1 unspecified atom stereocenters. The Morgan fingerprint density at radius 1 is 1.24 bits per heavy atom. The van der Waals surface area contributed by atoms with Gasteiger partial charge in [0.2, 0.25) is 5.91 Å². The molecule has 0 saturated carbocycles. The quantitative estimate of drug-likeness (QED) is 0.778. The van der Waals surface area contributed by atoms with E-state index in [0.717, 1.165) is 24.1 Å². The lowest BCUT2D eigenvalue weighted by atomic mass is 10.0. The normalized spacial score (nSPS) is 16.0. The molecule has 0 aliphatic carbocycles. The van der Waals surface area contributed by atoms with E-state index in [9.17, 15) is 4.79 Å². The number of aryl methyl sites for hydroxylation is 3. The smallest absolute Gasteiger partial charge is 0.224 e. The lowest BCUT2D eigenvalue weighted by Gasteiger charge is -2.12. The second-order valence-corrected chi connectivity index (χ2v) is 7.29. The van der Waals surface area contributed by atoms with E-state index in [0.29, 0.717) is 6.42 Å². The van der Waals surface area contributed by atoms with Crippen molar-refractivity contribution < 1.29 is 4.79 Å². The minimum Gasteiger partial charge on any atom is -0.326 e. The maximum Gasteiger partial charge on any atom is 0.224 e. The number of hydrogen-bond acceptors (Lipinski definition) is 2. The van der Waals surface area contributed by atoms with E-state index in [4.69, 9.17) is 11.6 Å². The molecule has 2 aromatic rings. The second-order valence-electron chi connectivity index (χ2n) is 5.57. The summed E-state index contributed by atoms with van der Waals surface area (Å²) in [4.78, 5) is 14.1. The third-order valence-electron chi connectivity index (χ3n) is 3.98. The summed E-state index contributed by atoms with van der Waals surface area (Å²) < 4.78 is 0. The summed E-state index contributed by atoms with van der Waals surface area (Å²) >= 11 is 8.41. The van der Waals surface area contributed by atoms with Crippen LogP contribution in [0.1, 0.15) is 44.7 Å². The Kier molecular flexibility index (Phi) is 4.05. The molecular weight excluding hydrogens is 302 g/mol. The molecule has 0 saturated heterocycles. The summed E-state index contributed by atoms with van der Waals surface area (Å²) in [6, 6.07) is 8.32. The van der Waals surface area contributed by atoms with Gasteiger partial charge in [-0.2, -0.15) is 0 Å². The van der Waals surface area contributed by atoms with Gasteiger partial charge in [0.05, 0.1) is 5.38 Å². The predicted molar refractivity (Wildman–Crippen MR) is 89.5 cm³/mol. The summed E-state index contributed by atoms with van der Waals surface area (Å²) in [6.45, 7) is 4.24. The van der Waals surface area contributed by atoms with Gasteiger partial charge in [0.25, 0.3) is 0 Å². The molecule has 2 nitrogen and oxygen atoms in total. The van der Waals surface area contributed by atoms with Crippen molar-refractivity contribution >= 4 is 34.5 Å². The van der Waals surface area contributed by atoms with Crippen LogP contribution in [0.5, 0.6) is 0 Å². The molecule has 1 atom stereocenters. The number of benzene rings is 1. The molecule has 0 spiro atoms. The van der Waals surface area contributed by atoms with Crippen molar-refractivity contribution in [2.24, 2.45) is 0 Å². The number of thiophene rings is 1. The number of hydrogen-bond donors (Lipinski definition) is 1. The van der Waals surface area contributed by atoms with E-state index in [1.807, 2.05) is 12.1 Å². The molecular formula is C17H18ClNOS. The fourth-order valence-corrected chi connectivity index (χ4v) is 4.02. The Morgan fingerprint density at radius 2 is 2.05 bits per heavy atom. The van der Waals surface area contributed by atoms with Crippen LogP contribution in [-0.4, -0.2) is 5.91 Å². The molecule has 0 fully saturated rings. The first-order valence-electron chi connectivity index (χ1n) is 7.18. The lowest BCUT2D eigenvalue weighted by Crippen LogP contribution is -2.09. The summed E-state index contributed by atoms with van der Waals surface area (Å²) in [5.74, 6) is 0.105. The van der Waals surface area contributed by atoms with Crippen LogP contribution in [0.2, 0.25) is 0 Å². The number of halogens is 1. The molecule has 3 rings (SSSR count). The third-order valence-corrected chi connectivity index (χ3v) is 5.81. The zero-order valence-electron chi connectivity index (χ0n) is 12.2. The number of anilines is 1. The molecule has 2 heterocycles. The SMILES string of the molecule is Cc1cc(C(Cl)c2ccc3c(c2)CCCC(=O)N3)sc1C. The minimum absolute atomic E-state index is 0.105. The molecule has 1 aromatic heterocycles. The number of nitrogens with one attached hydrogen (secondary N) is 1. The van der Waals surface area contributed by atoms with Gasteiger partial charge in [0, 0.05) is 21.9 Å². The van der Waals surface area contributed by atoms with Gasteiger partial charge in [0.1, 0.15) is 0 Å². The van der Waals surface area contributed by atoms with Gasteiger partial charge in [-0.05, 0) is 55.5 Å². The first-order valence-corrected chi connectivity index (χ1v) is 8.43. The Balaban J connectivity index is 1.92. The number of carbonyl (C=O) groups excluding carboxylic acids is 1. The van der Waals surface area contributed by atoms with Crippen LogP contribution in [0.3, 0.4) is 0 Å². The summed E-state index contributed by atoms with van der Waals surface area (Å²) in [6.07, 6.45) is 2.41. The topological polar surface area (TPSA) is 29.1 Å². The van der Waals surface area contributed by atoms with Crippen molar-refractivity contribution in [2.75, 3.05) is 5.32 Å². The van der Waals surface area contributed by atoms with Gasteiger partial charge in [-0.25, -0.2) is 0 Å². The van der Waals surface area contributed by atoms with E-state index in [2.05, 4.69) is 31.3 Å². The number of alkyl halides is 1. The summed E-state index contributed by atoms with van der Waals surface area (Å²) in [7, 11) is 0. The highest BCUT2D eigenvalue weighted by molar-refractivity contribution is 7.12. The number of amides is 1. The molecule has 21 heavy (non-hydrogen) atoms. The molecule has 1 amide bonds. The average molecular weight is 320 g/mol. The fraction of sp³-hybridized carbons (Fsp3) is 0.353. The first kappa shape index (κ1) is 14.6. The predicted octanol–water partition coefficient (Wildman–Crippen LogP) is 4.97. The Labute approximate surface area is 134 Å². The van der Waals surface area contributed by atoms with Crippen molar-refractivity contribution in [3.8, 4) is 0 Å². The van der Waals surface area contributed by atoms with Gasteiger partial charge >= 0.3 is 0 Å². The fourth-order valence-electron chi connectivity index (χ4n) is 2.64. The van der Waals surface area contributed by atoms with Gasteiger partial charge in [-0.15, -0.1) is 22.9 Å². The van der Waals surface area contributed by atoms with E-state index in [1.54, 1.807) is 11.3 Å². The van der Waals surface area contributed by atoms with E-state index in [-0.39, 0.29) is 11.3 Å². The molecule has 1 aromatic carbocycles. The molecule has 4 heteroatoms. The molecule has 1 aliphatic heterocycles. The summed E-state index contributed by atoms with van der Waals surface area (Å²) in [5.41, 5.74) is 4.52. The lowest BCUT2D eigenvalue weighted by molar-refractivity contribution is -0.116. The van der Waals surface area contributed by atoms with Crippen molar-refractivity contribution in [2.45, 2.75) is 38.5 Å². The van der Waals surface area contributed by atoms with E-state index >= 15 is 0 Å². The Bertz CT molecular complexity index is 673. The van der Waals surface area contributed by atoms with E-state index in [1.165, 1.54) is 20.9 Å². The standard InChI is InChI=1S/C17H18ClNOS/c1-10-8-15(21-11(10)2)17(18)13-6-7-14-12(9-13)4-3-5-16(20)19-14/h6-9,17H,3-5H2,1-2H3,(H,19,20). The summed E-state index contributed by atoms with van der Waals surface area (Å²) in [5, 5.41) is 2.84. The molecule has 0 radical (unpaired) electrons. The van der Waals surface area contributed by atoms with Crippen molar-refractivity contribution in [3.05, 3.63) is 50.7 Å². The highest BCUT2D eigenvalue weighted by atomic mass is 35.5. The number of rotatable bonds is 2. The van der Waals surface area contributed by atoms with Crippen molar-refractivity contribution in [1.82, 2.24) is 0 Å². The maximum absolute atomic E-state index is 11.6. The maximum atomic E-state index is 11.6. The van der Waals surface area contributed by atoms with Gasteiger partial charge in [-0.3, -0.25) is 4.79 Å².